The van der Waals surface area contributed by atoms with E-state index in [4.69, 9.17) is 9.15 Å². The van der Waals surface area contributed by atoms with Gasteiger partial charge < -0.3 is 9.15 Å². The van der Waals surface area contributed by atoms with Gasteiger partial charge in [-0.1, -0.05) is 37.3 Å². The first kappa shape index (κ1) is 20.0. The van der Waals surface area contributed by atoms with Gasteiger partial charge in [-0.05, 0) is 54.8 Å². The van der Waals surface area contributed by atoms with Gasteiger partial charge in [0.25, 0.3) is 5.91 Å². The van der Waals surface area contributed by atoms with Gasteiger partial charge in [0.05, 0.1) is 23.6 Å². The van der Waals surface area contributed by atoms with E-state index in [0.29, 0.717) is 34.7 Å². The molecule has 6 nitrogen and oxygen atoms in total. The first-order chi connectivity index (χ1) is 15.6. The van der Waals surface area contributed by atoms with Crippen molar-refractivity contribution in [2.45, 2.75) is 26.3 Å². The number of nitrogens with zero attached hydrogens (tertiary/aromatic N) is 2. The molecule has 5 rings (SSSR count). The molecule has 0 N–H and O–H groups in total. The van der Waals surface area contributed by atoms with Crippen molar-refractivity contribution in [2.75, 3.05) is 11.5 Å². The van der Waals surface area contributed by atoms with Gasteiger partial charge in [-0.25, -0.2) is 4.98 Å². The molecule has 0 spiro atoms. The van der Waals surface area contributed by atoms with Crippen LogP contribution in [0.3, 0.4) is 0 Å². The molecule has 160 valence electrons. The smallest absolute Gasteiger partial charge is 0.296 e. The summed E-state index contributed by atoms with van der Waals surface area (Å²) in [5, 5.41) is 0.446. The monoisotopic (exact) mass is 426 g/mol. The van der Waals surface area contributed by atoms with Gasteiger partial charge in [0.2, 0.25) is 5.76 Å². The van der Waals surface area contributed by atoms with Gasteiger partial charge in [-0.15, -0.1) is 0 Å². The second-order valence-corrected chi connectivity index (χ2v) is 7.86. The lowest BCUT2D eigenvalue weighted by atomic mass is 9.98. The molecule has 0 bridgehead atoms. The Hall–Kier alpha value is -3.93. The van der Waals surface area contributed by atoms with Crippen LogP contribution in [0.15, 0.2) is 76.1 Å². The van der Waals surface area contributed by atoms with Crippen LogP contribution in [0.25, 0.3) is 11.0 Å². The summed E-state index contributed by atoms with van der Waals surface area (Å²) in [5.41, 5.74) is 2.24. The van der Waals surface area contributed by atoms with Crippen molar-refractivity contribution in [1.29, 1.82) is 0 Å². The summed E-state index contributed by atoms with van der Waals surface area (Å²) in [6, 6.07) is 17.5. The van der Waals surface area contributed by atoms with Crippen LogP contribution in [0.5, 0.6) is 5.75 Å². The number of aryl methyl sites for hydroxylation is 1. The minimum absolute atomic E-state index is 0.0564. The van der Waals surface area contributed by atoms with E-state index in [1.165, 1.54) is 4.90 Å². The van der Waals surface area contributed by atoms with Gasteiger partial charge in [0.1, 0.15) is 17.2 Å². The molecular formula is C26H22N2O4. The van der Waals surface area contributed by atoms with Gasteiger partial charge >= 0.3 is 0 Å². The number of fused-ring (bicyclic) bond motifs is 2. The van der Waals surface area contributed by atoms with E-state index in [0.717, 1.165) is 17.5 Å². The Kier molecular flexibility index (Phi) is 4.98. The summed E-state index contributed by atoms with van der Waals surface area (Å²) >= 11 is 0. The molecule has 32 heavy (non-hydrogen) atoms. The van der Waals surface area contributed by atoms with Gasteiger partial charge in [-0.3, -0.25) is 14.5 Å². The van der Waals surface area contributed by atoms with E-state index < -0.39 is 6.04 Å². The van der Waals surface area contributed by atoms with Crippen LogP contribution in [0.2, 0.25) is 0 Å². The van der Waals surface area contributed by atoms with E-state index in [-0.39, 0.29) is 17.1 Å². The van der Waals surface area contributed by atoms with Crippen molar-refractivity contribution in [2.24, 2.45) is 0 Å². The number of pyridine rings is 1. The number of carbonyl (C=O) groups excluding carboxylic acids is 1. The zero-order chi connectivity index (χ0) is 22.2. The Morgan fingerprint density at radius 2 is 1.91 bits per heavy atom. The van der Waals surface area contributed by atoms with Crippen molar-refractivity contribution in [3.8, 4) is 5.75 Å². The summed E-state index contributed by atoms with van der Waals surface area (Å²) in [6.07, 6.45) is 2.58. The molecule has 6 heteroatoms. The van der Waals surface area contributed by atoms with E-state index in [2.05, 4.69) is 4.98 Å². The SMILES string of the molecule is CCCOc1cccc(C2c3c(oc4ccccc4c3=O)C(=O)N2c2ccc(C)cn2)c1. The molecule has 0 fully saturated rings. The maximum absolute atomic E-state index is 13.5. The topological polar surface area (TPSA) is 72.6 Å². The van der Waals surface area contributed by atoms with Crippen LogP contribution < -0.4 is 15.1 Å². The average molecular weight is 426 g/mol. The average Bonchev–Trinajstić information content (AvgIpc) is 3.11. The van der Waals surface area contributed by atoms with E-state index in [1.54, 1.807) is 36.5 Å². The summed E-state index contributed by atoms with van der Waals surface area (Å²) in [7, 11) is 0. The molecule has 0 radical (unpaired) electrons. The van der Waals surface area contributed by atoms with Crippen LogP contribution in [-0.2, 0) is 0 Å². The summed E-state index contributed by atoms with van der Waals surface area (Å²) < 4.78 is 11.8. The quantitative estimate of drug-likeness (QED) is 0.447. The molecule has 0 aliphatic carbocycles. The standard InChI is InChI=1S/C26H22N2O4/c1-3-13-31-18-8-6-7-17(14-18)23-22-24(29)19-9-4-5-10-20(19)32-25(22)26(30)28(23)21-12-11-16(2)15-27-21/h4-12,14-15,23H,3,13H2,1-2H3. The predicted molar refractivity (Wildman–Crippen MR) is 122 cm³/mol. The maximum atomic E-state index is 13.5. The zero-order valence-corrected chi connectivity index (χ0v) is 17.9. The molecular weight excluding hydrogens is 404 g/mol. The van der Waals surface area contributed by atoms with Crippen molar-refractivity contribution >= 4 is 22.7 Å². The van der Waals surface area contributed by atoms with Crippen LogP contribution in [-0.4, -0.2) is 17.5 Å². The number of hydrogen-bond donors (Lipinski definition) is 0. The van der Waals surface area contributed by atoms with Gasteiger partial charge in [0, 0.05) is 6.20 Å². The molecule has 1 aliphatic heterocycles. The summed E-state index contributed by atoms with van der Waals surface area (Å²) in [6.45, 7) is 4.55. The van der Waals surface area contributed by atoms with Crippen molar-refractivity contribution in [3.63, 3.8) is 0 Å². The fourth-order valence-corrected chi connectivity index (χ4v) is 4.07. The maximum Gasteiger partial charge on any atom is 0.296 e. The number of ether oxygens (including phenoxy) is 1. The van der Waals surface area contributed by atoms with Crippen molar-refractivity contribution < 1.29 is 13.9 Å². The molecule has 1 aliphatic rings. The molecule has 1 unspecified atom stereocenters. The molecule has 2 aromatic carbocycles. The fraction of sp³-hybridized carbons (Fsp3) is 0.192. The molecule has 1 amide bonds. The molecule has 0 saturated carbocycles. The lowest BCUT2D eigenvalue weighted by Gasteiger charge is -2.24. The molecule has 2 aromatic heterocycles. The minimum atomic E-state index is -0.668. The zero-order valence-electron chi connectivity index (χ0n) is 17.9. The number of rotatable bonds is 5. The molecule has 0 saturated heterocycles. The number of carbonyl (C=O) groups is 1. The molecule has 1 atom stereocenters. The third-order valence-electron chi connectivity index (χ3n) is 5.57. The number of amides is 1. The number of hydrogen-bond acceptors (Lipinski definition) is 5. The number of para-hydroxylation sites is 1. The van der Waals surface area contributed by atoms with Crippen LogP contribution in [0.1, 0.15) is 46.6 Å². The van der Waals surface area contributed by atoms with E-state index in [9.17, 15) is 9.59 Å². The lowest BCUT2D eigenvalue weighted by molar-refractivity contribution is 0.0970. The third kappa shape index (κ3) is 3.24. The Bertz CT molecular complexity index is 1370. The normalized spacial score (nSPS) is 15.2. The fourth-order valence-electron chi connectivity index (χ4n) is 4.07. The van der Waals surface area contributed by atoms with Crippen LogP contribution >= 0.6 is 0 Å². The minimum Gasteiger partial charge on any atom is -0.494 e. The lowest BCUT2D eigenvalue weighted by Crippen LogP contribution is -2.30. The third-order valence-corrected chi connectivity index (χ3v) is 5.57. The largest absolute Gasteiger partial charge is 0.494 e. The first-order valence-electron chi connectivity index (χ1n) is 10.6. The Morgan fingerprint density at radius 1 is 1.06 bits per heavy atom. The van der Waals surface area contributed by atoms with Gasteiger partial charge in [-0.2, -0.15) is 0 Å². The highest BCUT2D eigenvalue weighted by atomic mass is 16.5. The summed E-state index contributed by atoms with van der Waals surface area (Å²) in [5.74, 6) is 0.817. The Balaban J connectivity index is 1.75. The number of anilines is 1. The highest BCUT2D eigenvalue weighted by Gasteiger charge is 2.44. The van der Waals surface area contributed by atoms with Crippen LogP contribution in [0.4, 0.5) is 5.82 Å². The summed E-state index contributed by atoms with van der Waals surface area (Å²) in [4.78, 5) is 33.1. The molecule has 4 aromatic rings. The van der Waals surface area contributed by atoms with Crippen molar-refractivity contribution in [1.82, 2.24) is 4.98 Å². The first-order valence-corrected chi connectivity index (χ1v) is 10.6. The second-order valence-electron chi connectivity index (χ2n) is 7.86. The second kappa shape index (κ2) is 7.96. The highest BCUT2D eigenvalue weighted by Crippen LogP contribution is 2.41. The Labute approximate surface area is 185 Å². The van der Waals surface area contributed by atoms with E-state index >= 15 is 0 Å². The van der Waals surface area contributed by atoms with Gasteiger partial charge in [0.15, 0.2) is 5.43 Å². The van der Waals surface area contributed by atoms with E-state index in [1.807, 2.05) is 44.2 Å². The van der Waals surface area contributed by atoms with Crippen LogP contribution in [0, 0.1) is 6.92 Å². The van der Waals surface area contributed by atoms with Crippen molar-refractivity contribution in [3.05, 3.63) is 99.5 Å². The molecule has 3 heterocycles. The number of benzene rings is 2. The predicted octanol–water partition coefficient (Wildman–Crippen LogP) is 5.04. The number of aromatic nitrogens is 1. The Morgan fingerprint density at radius 3 is 2.69 bits per heavy atom. The highest BCUT2D eigenvalue weighted by molar-refractivity contribution is 6.10.